The molecule has 168 valence electrons. The lowest BCUT2D eigenvalue weighted by atomic mass is 10.1. The Morgan fingerprint density at radius 1 is 1.09 bits per heavy atom. The Bertz CT molecular complexity index is 1350. The summed E-state index contributed by atoms with van der Waals surface area (Å²) in [5, 5.41) is 3.75. The summed E-state index contributed by atoms with van der Waals surface area (Å²) in [4.78, 5) is 33.6. The fourth-order valence-corrected chi connectivity index (χ4v) is 3.50. The van der Waals surface area contributed by atoms with Crippen molar-refractivity contribution >= 4 is 28.4 Å². The summed E-state index contributed by atoms with van der Waals surface area (Å²) in [6.45, 7) is 2.52. The van der Waals surface area contributed by atoms with Gasteiger partial charge in [-0.3, -0.25) is 14.2 Å². The first-order valence-electron chi connectivity index (χ1n) is 10.3. The minimum atomic E-state index is -0.466. The molecule has 9 heteroatoms. The monoisotopic (exact) mass is 445 g/mol. The zero-order chi connectivity index (χ0) is 23.4. The van der Waals surface area contributed by atoms with Gasteiger partial charge >= 0.3 is 0 Å². The molecular weight excluding hydrogens is 422 g/mol. The van der Waals surface area contributed by atoms with Crippen molar-refractivity contribution in [1.82, 2.24) is 14.5 Å². The molecule has 0 saturated heterocycles. The number of nitrogens with two attached hydrogens (primary N) is 1. The predicted octanol–water partition coefficient (Wildman–Crippen LogP) is 3.23. The smallest absolute Gasteiger partial charge is 0.260 e. The van der Waals surface area contributed by atoms with Gasteiger partial charge in [0.1, 0.15) is 12.4 Å². The number of carbonyl (C=O) groups excluding carboxylic acids is 1. The molecule has 2 aromatic carbocycles. The van der Waals surface area contributed by atoms with E-state index < -0.39 is 5.91 Å². The van der Waals surface area contributed by atoms with Gasteiger partial charge in [-0.1, -0.05) is 30.3 Å². The number of anilines is 2. The van der Waals surface area contributed by atoms with Gasteiger partial charge in [-0.05, 0) is 30.7 Å². The third-order valence-electron chi connectivity index (χ3n) is 5.14. The molecule has 0 saturated carbocycles. The van der Waals surface area contributed by atoms with Crippen molar-refractivity contribution < 1.29 is 14.3 Å². The van der Waals surface area contributed by atoms with Crippen molar-refractivity contribution in [3.8, 4) is 11.5 Å². The Hall–Kier alpha value is -4.40. The Kier molecular flexibility index (Phi) is 6.21. The largest absolute Gasteiger partial charge is 0.492 e. The molecule has 33 heavy (non-hydrogen) atoms. The van der Waals surface area contributed by atoms with Crippen LogP contribution in [0, 0.1) is 0 Å². The van der Waals surface area contributed by atoms with Gasteiger partial charge in [0, 0.05) is 24.3 Å². The number of amides is 1. The van der Waals surface area contributed by atoms with E-state index in [1.165, 1.54) is 24.1 Å². The van der Waals surface area contributed by atoms with Crippen molar-refractivity contribution in [1.29, 1.82) is 0 Å². The van der Waals surface area contributed by atoms with Crippen LogP contribution in [0.3, 0.4) is 0 Å². The molecule has 0 radical (unpaired) electrons. The number of benzene rings is 2. The first-order chi connectivity index (χ1) is 16.0. The maximum Gasteiger partial charge on any atom is 0.260 e. The minimum Gasteiger partial charge on any atom is -0.492 e. The molecule has 4 rings (SSSR count). The van der Waals surface area contributed by atoms with Crippen molar-refractivity contribution in [2.24, 2.45) is 0 Å². The van der Waals surface area contributed by atoms with Crippen molar-refractivity contribution in [3.63, 3.8) is 0 Å². The molecule has 4 aromatic rings. The summed E-state index contributed by atoms with van der Waals surface area (Å²) in [5.41, 5.74) is 6.45. The van der Waals surface area contributed by atoms with Gasteiger partial charge in [0.25, 0.3) is 11.5 Å². The van der Waals surface area contributed by atoms with Crippen LogP contribution in [0.5, 0.6) is 11.5 Å². The van der Waals surface area contributed by atoms with Crippen LogP contribution in [0.15, 0.2) is 65.7 Å². The van der Waals surface area contributed by atoms with Gasteiger partial charge in [-0.25, -0.2) is 9.97 Å². The zero-order valence-corrected chi connectivity index (χ0v) is 18.2. The normalized spacial score (nSPS) is 10.7. The number of hydrogen-bond acceptors (Lipinski definition) is 7. The molecule has 0 spiro atoms. The molecule has 1 amide bonds. The molecular formula is C24H23N5O4. The number of nitrogen functional groups attached to an aromatic ring is 1. The summed E-state index contributed by atoms with van der Waals surface area (Å²) < 4.78 is 13.1. The van der Waals surface area contributed by atoms with Crippen LogP contribution in [-0.2, 0) is 13.2 Å². The zero-order valence-electron chi connectivity index (χ0n) is 18.2. The van der Waals surface area contributed by atoms with E-state index in [2.05, 4.69) is 15.3 Å². The second-order valence-corrected chi connectivity index (χ2v) is 7.20. The molecule has 9 nitrogen and oxygen atoms in total. The van der Waals surface area contributed by atoms with E-state index in [4.69, 9.17) is 15.2 Å². The van der Waals surface area contributed by atoms with Crippen LogP contribution >= 0.6 is 0 Å². The highest BCUT2D eigenvalue weighted by Gasteiger charge is 2.18. The predicted molar refractivity (Wildman–Crippen MR) is 126 cm³/mol. The Morgan fingerprint density at radius 2 is 1.82 bits per heavy atom. The first-order valence-corrected chi connectivity index (χ1v) is 10.3. The van der Waals surface area contributed by atoms with Crippen molar-refractivity contribution in [2.45, 2.75) is 20.1 Å². The van der Waals surface area contributed by atoms with Gasteiger partial charge < -0.3 is 20.5 Å². The van der Waals surface area contributed by atoms with E-state index in [1.54, 1.807) is 18.2 Å². The lowest BCUT2D eigenvalue weighted by Crippen LogP contribution is -2.25. The molecule has 0 atom stereocenters. The SMILES string of the molecule is CCn1c(NC(=O)c2cnc(N)nc2)cc2c(OC)c(OCc3ccccc3)ccc2c1=O. The van der Waals surface area contributed by atoms with Gasteiger partial charge in [-0.2, -0.15) is 0 Å². The van der Waals surface area contributed by atoms with Gasteiger partial charge in [0.05, 0.1) is 18.1 Å². The number of nitrogens with one attached hydrogen (secondary N) is 1. The number of ether oxygens (including phenoxy) is 2. The Labute approximate surface area is 189 Å². The van der Waals surface area contributed by atoms with Crippen LogP contribution < -0.4 is 26.1 Å². The summed E-state index contributed by atoms with van der Waals surface area (Å²) in [6, 6.07) is 14.8. The number of pyridine rings is 1. The number of fused-ring (bicyclic) bond motifs is 1. The van der Waals surface area contributed by atoms with E-state index in [1.807, 2.05) is 37.3 Å². The molecule has 0 bridgehead atoms. The summed E-state index contributed by atoms with van der Waals surface area (Å²) in [6.07, 6.45) is 2.65. The van der Waals surface area contributed by atoms with Crippen molar-refractivity contribution in [3.05, 3.63) is 82.4 Å². The summed E-state index contributed by atoms with van der Waals surface area (Å²) >= 11 is 0. The molecule has 2 aromatic heterocycles. The lowest BCUT2D eigenvalue weighted by Gasteiger charge is -2.17. The van der Waals surface area contributed by atoms with Gasteiger partial charge in [0.2, 0.25) is 5.95 Å². The topological polar surface area (TPSA) is 121 Å². The van der Waals surface area contributed by atoms with E-state index in [0.717, 1.165) is 5.56 Å². The minimum absolute atomic E-state index is 0.0653. The molecule has 2 heterocycles. The number of methoxy groups -OCH3 is 1. The van der Waals surface area contributed by atoms with Crippen LogP contribution in [0.1, 0.15) is 22.8 Å². The molecule has 0 aliphatic heterocycles. The van der Waals surface area contributed by atoms with E-state index in [-0.39, 0.29) is 17.1 Å². The quantitative estimate of drug-likeness (QED) is 0.448. The Morgan fingerprint density at radius 3 is 2.48 bits per heavy atom. The first kappa shape index (κ1) is 21.8. The second kappa shape index (κ2) is 9.39. The summed E-state index contributed by atoms with van der Waals surface area (Å²) in [7, 11) is 1.51. The number of nitrogens with zero attached hydrogens (tertiary/aromatic N) is 3. The average molecular weight is 445 g/mol. The van der Waals surface area contributed by atoms with Crippen LogP contribution in [0.25, 0.3) is 10.8 Å². The molecule has 0 fully saturated rings. The van der Waals surface area contributed by atoms with Crippen LogP contribution in [0.2, 0.25) is 0 Å². The average Bonchev–Trinajstić information content (AvgIpc) is 2.83. The van der Waals surface area contributed by atoms with E-state index >= 15 is 0 Å². The number of aromatic nitrogens is 3. The van der Waals surface area contributed by atoms with Crippen LogP contribution in [0.4, 0.5) is 11.8 Å². The lowest BCUT2D eigenvalue weighted by molar-refractivity contribution is 0.102. The number of hydrogen-bond donors (Lipinski definition) is 2. The molecule has 0 aliphatic carbocycles. The second-order valence-electron chi connectivity index (χ2n) is 7.20. The third kappa shape index (κ3) is 4.47. The fraction of sp³-hybridized carbons (Fsp3) is 0.167. The Balaban J connectivity index is 1.74. The fourth-order valence-electron chi connectivity index (χ4n) is 3.50. The highest BCUT2D eigenvalue weighted by atomic mass is 16.5. The number of rotatable bonds is 7. The van der Waals surface area contributed by atoms with Gasteiger partial charge in [-0.15, -0.1) is 0 Å². The third-order valence-corrected chi connectivity index (χ3v) is 5.14. The molecule has 3 N–H and O–H groups in total. The van der Waals surface area contributed by atoms with Gasteiger partial charge in [0.15, 0.2) is 11.5 Å². The van der Waals surface area contributed by atoms with E-state index in [0.29, 0.717) is 41.2 Å². The van der Waals surface area contributed by atoms with E-state index in [9.17, 15) is 9.59 Å². The maximum atomic E-state index is 13.2. The standard InChI is InChI=1S/C24H23N5O4/c1-3-29-20(28-22(30)16-12-26-24(25)27-13-16)11-18-17(23(29)31)9-10-19(21(18)32-2)33-14-15-7-5-4-6-8-15/h4-13H,3,14H2,1-2H3,(H,28,30)(H2,25,26,27). The molecule has 0 aliphatic rings. The van der Waals surface area contributed by atoms with Crippen LogP contribution in [-0.4, -0.2) is 27.6 Å². The number of carbonyl (C=O) groups is 1. The van der Waals surface area contributed by atoms with Crippen molar-refractivity contribution in [2.75, 3.05) is 18.2 Å². The summed E-state index contributed by atoms with van der Waals surface area (Å²) in [5.74, 6) is 0.819. The molecule has 0 unspecified atom stereocenters. The highest BCUT2D eigenvalue weighted by Crippen LogP contribution is 2.36. The highest BCUT2D eigenvalue weighted by molar-refractivity contribution is 6.04. The maximum absolute atomic E-state index is 13.2.